The van der Waals surface area contributed by atoms with E-state index in [0.29, 0.717) is 22.7 Å². The maximum absolute atomic E-state index is 12.4. The summed E-state index contributed by atoms with van der Waals surface area (Å²) < 4.78 is 15.1. The molecule has 2 rings (SSSR count). The second-order valence-corrected chi connectivity index (χ2v) is 4.90. The third-order valence-corrected chi connectivity index (χ3v) is 3.27. The number of rotatable bonds is 4. The zero-order valence-electron chi connectivity index (χ0n) is 12.2. The number of benzene rings is 1. The molecule has 114 valence electrons. The number of nitrogens with two attached hydrogens (primary N) is 1. The fourth-order valence-electron chi connectivity index (χ4n) is 2.12. The van der Waals surface area contributed by atoms with Crippen LogP contribution in [0.1, 0.15) is 17.3 Å². The highest BCUT2D eigenvalue weighted by atomic mass is 16.7. The van der Waals surface area contributed by atoms with Crippen molar-refractivity contribution >= 4 is 17.6 Å². The van der Waals surface area contributed by atoms with Gasteiger partial charge < -0.3 is 24.8 Å². The molecule has 0 bridgehead atoms. The van der Waals surface area contributed by atoms with Crippen molar-refractivity contribution in [3.05, 3.63) is 17.7 Å². The Hall–Kier alpha value is -2.44. The quantitative estimate of drug-likeness (QED) is 0.654. The number of hydrogen-bond acceptors (Lipinski definition) is 6. The van der Waals surface area contributed by atoms with Crippen molar-refractivity contribution in [2.45, 2.75) is 6.92 Å². The van der Waals surface area contributed by atoms with Gasteiger partial charge in [0.1, 0.15) is 0 Å². The summed E-state index contributed by atoms with van der Waals surface area (Å²) in [6.45, 7) is 2.04. The number of fused-ring (bicyclic) bond motifs is 1. The first kappa shape index (κ1) is 15.0. The van der Waals surface area contributed by atoms with E-state index < -0.39 is 5.92 Å². The van der Waals surface area contributed by atoms with E-state index in [2.05, 4.69) is 4.74 Å². The van der Waals surface area contributed by atoms with Crippen molar-refractivity contribution in [2.75, 3.05) is 33.2 Å². The van der Waals surface area contributed by atoms with Gasteiger partial charge in [-0.3, -0.25) is 9.59 Å². The van der Waals surface area contributed by atoms with Gasteiger partial charge in [-0.25, -0.2) is 0 Å². The number of ether oxygens (including phenoxy) is 3. The second kappa shape index (κ2) is 5.90. The normalized spacial score (nSPS) is 13.7. The lowest BCUT2D eigenvalue weighted by molar-refractivity contribution is -0.145. The Balaban J connectivity index is 2.14. The van der Waals surface area contributed by atoms with Crippen molar-refractivity contribution in [1.29, 1.82) is 0 Å². The van der Waals surface area contributed by atoms with E-state index in [4.69, 9.17) is 15.2 Å². The van der Waals surface area contributed by atoms with E-state index >= 15 is 0 Å². The van der Waals surface area contributed by atoms with Gasteiger partial charge >= 0.3 is 5.97 Å². The number of anilines is 1. The molecule has 1 unspecified atom stereocenters. The van der Waals surface area contributed by atoms with E-state index in [0.717, 1.165) is 0 Å². The van der Waals surface area contributed by atoms with E-state index in [1.54, 1.807) is 26.1 Å². The Labute approximate surface area is 122 Å². The second-order valence-electron chi connectivity index (χ2n) is 4.90. The minimum atomic E-state index is -0.417. The predicted molar refractivity (Wildman–Crippen MR) is 75.1 cm³/mol. The smallest absolute Gasteiger partial charge is 0.310 e. The molecule has 1 aromatic carbocycles. The molecule has 0 spiro atoms. The lowest BCUT2D eigenvalue weighted by Gasteiger charge is -2.21. The molecule has 7 heteroatoms. The van der Waals surface area contributed by atoms with Crippen LogP contribution in [0.25, 0.3) is 0 Å². The first-order valence-corrected chi connectivity index (χ1v) is 6.46. The van der Waals surface area contributed by atoms with Crippen molar-refractivity contribution in [2.24, 2.45) is 5.92 Å². The standard InChI is InChI=1S/C14H18N2O5/c1-8(14(18)19-3)6-16(2)13(17)9-4-11-12(5-10(9)15)21-7-20-11/h4-5,8H,6-7,15H2,1-3H3. The van der Waals surface area contributed by atoms with Gasteiger partial charge in [0.15, 0.2) is 11.5 Å². The number of hydrogen-bond donors (Lipinski definition) is 1. The van der Waals surface area contributed by atoms with Crippen LogP contribution in [-0.4, -0.2) is 44.3 Å². The van der Waals surface area contributed by atoms with E-state index in [1.165, 1.54) is 12.0 Å². The Bertz CT molecular complexity index is 573. The van der Waals surface area contributed by atoms with Gasteiger partial charge in [-0.15, -0.1) is 0 Å². The number of methoxy groups -OCH3 is 1. The SMILES string of the molecule is COC(=O)C(C)CN(C)C(=O)c1cc2c(cc1N)OCO2. The van der Waals surface area contributed by atoms with Crippen LogP contribution >= 0.6 is 0 Å². The summed E-state index contributed by atoms with van der Waals surface area (Å²) in [5.74, 6) is -0.0642. The Morgan fingerprint density at radius 2 is 2.00 bits per heavy atom. The van der Waals surface area contributed by atoms with Crippen LogP contribution in [0.15, 0.2) is 12.1 Å². The summed E-state index contributed by atoms with van der Waals surface area (Å²) >= 11 is 0. The fourth-order valence-corrected chi connectivity index (χ4v) is 2.12. The molecule has 1 aromatic rings. The molecular formula is C14H18N2O5. The average molecular weight is 294 g/mol. The molecule has 0 radical (unpaired) electrons. The van der Waals surface area contributed by atoms with Crippen LogP contribution in [0.2, 0.25) is 0 Å². The summed E-state index contributed by atoms with van der Waals surface area (Å²) in [7, 11) is 2.92. The Morgan fingerprint density at radius 3 is 2.62 bits per heavy atom. The van der Waals surface area contributed by atoms with Crippen LogP contribution < -0.4 is 15.2 Å². The molecule has 1 amide bonds. The van der Waals surface area contributed by atoms with Crippen molar-refractivity contribution in [3.63, 3.8) is 0 Å². The lowest BCUT2D eigenvalue weighted by Crippen LogP contribution is -2.34. The third-order valence-electron chi connectivity index (χ3n) is 3.27. The maximum atomic E-state index is 12.4. The molecular weight excluding hydrogens is 276 g/mol. The molecule has 0 saturated heterocycles. The zero-order chi connectivity index (χ0) is 15.6. The van der Waals surface area contributed by atoms with E-state index in [9.17, 15) is 9.59 Å². The zero-order valence-corrected chi connectivity index (χ0v) is 12.2. The summed E-state index contributed by atoms with van der Waals surface area (Å²) in [6.07, 6.45) is 0. The number of carbonyl (C=O) groups excluding carboxylic acids is 2. The highest BCUT2D eigenvalue weighted by molar-refractivity contribution is 6.00. The Morgan fingerprint density at radius 1 is 1.38 bits per heavy atom. The molecule has 1 aliphatic rings. The molecule has 0 saturated carbocycles. The molecule has 1 atom stereocenters. The van der Waals surface area contributed by atoms with Gasteiger partial charge in [-0.2, -0.15) is 0 Å². The first-order chi connectivity index (χ1) is 9.93. The fraction of sp³-hybridized carbons (Fsp3) is 0.429. The molecule has 2 N–H and O–H groups in total. The molecule has 1 aliphatic heterocycles. The molecule has 0 aromatic heterocycles. The van der Waals surface area contributed by atoms with Crippen LogP contribution in [0.5, 0.6) is 11.5 Å². The van der Waals surface area contributed by atoms with Crippen LogP contribution in [0.4, 0.5) is 5.69 Å². The van der Waals surface area contributed by atoms with Gasteiger partial charge in [-0.05, 0) is 6.07 Å². The summed E-state index contributed by atoms with van der Waals surface area (Å²) in [4.78, 5) is 25.2. The average Bonchev–Trinajstić information content (AvgIpc) is 2.91. The van der Waals surface area contributed by atoms with Crippen molar-refractivity contribution in [1.82, 2.24) is 4.90 Å². The number of nitrogen functional groups attached to an aromatic ring is 1. The van der Waals surface area contributed by atoms with Gasteiger partial charge in [0.2, 0.25) is 6.79 Å². The van der Waals surface area contributed by atoms with Crippen LogP contribution in [0.3, 0.4) is 0 Å². The predicted octanol–water partition coefficient (Wildman–Crippen LogP) is 0.879. The highest BCUT2D eigenvalue weighted by Crippen LogP contribution is 2.36. The maximum Gasteiger partial charge on any atom is 0.310 e. The molecule has 1 heterocycles. The monoisotopic (exact) mass is 294 g/mol. The topological polar surface area (TPSA) is 91.1 Å². The summed E-state index contributed by atoms with van der Waals surface area (Å²) in [5, 5.41) is 0. The molecule has 0 fully saturated rings. The number of amides is 1. The lowest BCUT2D eigenvalue weighted by atomic mass is 10.1. The Kier molecular flexibility index (Phi) is 4.21. The minimum absolute atomic E-state index is 0.113. The molecule has 7 nitrogen and oxygen atoms in total. The first-order valence-electron chi connectivity index (χ1n) is 6.46. The van der Waals surface area contributed by atoms with Gasteiger partial charge in [0.05, 0.1) is 18.6 Å². The number of nitrogens with zero attached hydrogens (tertiary/aromatic N) is 1. The van der Waals surface area contributed by atoms with E-state index in [-0.39, 0.29) is 25.2 Å². The van der Waals surface area contributed by atoms with Crippen LogP contribution in [0, 0.1) is 5.92 Å². The van der Waals surface area contributed by atoms with Crippen LogP contribution in [-0.2, 0) is 9.53 Å². The molecule has 0 aliphatic carbocycles. The minimum Gasteiger partial charge on any atom is -0.469 e. The summed E-state index contributed by atoms with van der Waals surface area (Å²) in [6, 6.07) is 3.12. The van der Waals surface area contributed by atoms with Gasteiger partial charge in [0.25, 0.3) is 5.91 Å². The highest BCUT2D eigenvalue weighted by Gasteiger charge is 2.24. The number of esters is 1. The third kappa shape index (κ3) is 3.01. The van der Waals surface area contributed by atoms with Gasteiger partial charge in [-0.1, -0.05) is 6.92 Å². The molecule has 21 heavy (non-hydrogen) atoms. The van der Waals surface area contributed by atoms with E-state index in [1.807, 2.05) is 0 Å². The van der Waals surface area contributed by atoms with Crippen molar-refractivity contribution in [3.8, 4) is 11.5 Å². The van der Waals surface area contributed by atoms with Gasteiger partial charge in [0, 0.05) is 25.3 Å². The summed E-state index contributed by atoms with van der Waals surface area (Å²) in [5.41, 5.74) is 6.50. The largest absolute Gasteiger partial charge is 0.469 e. The van der Waals surface area contributed by atoms with Crippen molar-refractivity contribution < 1.29 is 23.8 Å². The number of carbonyl (C=O) groups is 2.